The first-order valence-corrected chi connectivity index (χ1v) is 8.47. The van der Waals surface area contributed by atoms with Crippen molar-refractivity contribution in [3.8, 4) is 0 Å². The maximum absolute atomic E-state index is 12.3. The maximum Gasteiger partial charge on any atom is 0.251 e. The summed E-state index contributed by atoms with van der Waals surface area (Å²) in [6.45, 7) is 6.21. The lowest BCUT2D eigenvalue weighted by atomic mass is 10.1. The molecule has 0 atom stereocenters. The quantitative estimate of drug-likeness (QED) is 0.818. The number of hydrogen-bond acceptors (Lipinski definition) is 3. The Morgan fingerprint density at radius 1 is 1.24 bits per heavy atom. The third kappa shape index (κ3) is 4.04. The average molecular weight is 312 g/mol. The van der Waals surface area contributed by atoms with E-state index in [4.69, 9.17) is 0 Å². The van der Waals surface area contributed by atoms with E-state index in [9.17, 15) is 13.2 Å². The second-order valence-corrected chi connectivity index (χ2v) is 7.43. The van der Waals surface area contributed by atoms with Gasteiger partial charge in [0.05, 0.1) is 4.90 Å². The molecule has 0 saturated heterocycles. The van der Waals surface area contributed by atoms with E-state index in [1.807, 2.05) is 13.8 Å². The minimum Gasteiger partial charge on any atom is -0.352 e. The van der Waals surface area contributed by atoms with Crippen molar-refractivity contribution in [3.05, 3.63) is 28.8 Å². The molecule has 0 aliphatic rings. The van der Waals surface area contributed by atoms with Crippen molar-refractivity contribution < 1.29 is 13.2 Å². The molecule has 1 aromatic rings. The Bertz CT molecular complexity index is 622. The van der Waals surface area contributed by atoms with Crippen molar-refractivity contribution in [1.29, 1.82) is 0 Å². The molecule has 0 fully saturated rings. The van der Waals surface area contributed by atoms with Crippen LogP contribution < -0.4 is 5.32 Å². The van der Waals surface area contributed by atoms with Gasteiger partial charge in [-0.3, -0.25) is 4.79 Å². The van der Waals surface area contributed by atoms with Gasteiger partial charge in [0, 0.05) is 26.2 Å². The number of amides is 1. The Labute approximate surface area is 127 Å². The van der Waals surface area contributed by atoms with Gasteiger partial charge in [0.15, 0.2) is 0 Å². The molecule has 6 heteroatoms. The molecule has 1 amide bonds. The van der Waals surface area contributed by atoms with Crippen LogP contribution in [0.3, 0.4) is 0 Å². The Morgan fingerprint density at radius 2 is 1.86 bits per heavy atom. The first kappa shape index (κ1) is 17.7. The van der Waals surface area contributed by atoms with Crippen LogP contribution >= 0.6 is 0 Å². The van der Waals surface area contributed by atoms with Gasteiger partial charge < -0.3 is 5.32 Å². The van der Waals surface area contributed by atoms with Crippen molar-refractivity contribution in [2.24, 2.45) is 0 Å². The topological polar surface area (TPSA) is 66.5 Å². The highest BCUT2D eigenvalue weighted by Gasteiger charge is 2.22. The summed E-state index contributed by atoms with van der Waals surface area (Å²) in [4.78, 5) is 12.3. The van der Waals surface area contributed by atoms with Gasteiger partial charge in [0.25, 0.3) is 5.91 Å². The highest BCUT2D eigenvalue weighted by atomic mass is 32.2. The van der Waals surface area contributed by atoms with Crippen molar-refractivity contribution in [2.75, 3.05) is 20.6 Å². The fourth-order valence-corrected chi connectivity index (χ4v) is 3.12. The van der Waals surface area contributed by atoms with Gasteiger partial charge in [-0.2, -0.15) is 0 Å². The van der Waals surface area contributed by atoms with Crippen molar-refractivity contribution in [3.63, 3.8) is 0 Å². The summed E-state index contributed by atoms with van der Waals surface area (Å²) in [5.41, 5.74) is 1.85. The van der Waals surface area contributed by atoms with Crippen LogP contribution in [-0.2, 0) is 10.0 Å². The van der Waals surface area contributed by atoms with E-state index < -0.39 is 10.0 Å². The first-order chi connectivity index (χ1) is 9.71. The highest BCUT2D eigenvalue weighted by molar-refractivity contribution is 7.89. The van der Waals surface area contributed by atoms with Gasteiger partial charge in [0.1, 0.15) is 0 Å². The summed E-state index contributed by atoms with van der Waals surface area (Å²) in [6, 6.07) is 3.18. The van der Waals surface area contributed by atoms with Gasteiger partial charge >= 0.3 is 0 Å². The number of hydrogen-bond donors (Lipinski definition) is 1. The molecule has 0 spiro atoms. The first-order valence-electron chi connectivity index (χ1n) is 7.03. The number of aryl methyl sites for hydroxylation is 1. The maximum atomic E-state index is 12.3. The molecule has 1 aromatic carbocycles. The SMILES string of the molecule is CCCCNC(=O)c1cc(C)c(C)c(S(=O)(=O)N(C)C)c1. The zero-order valence-electron chi connectivity index (χ0n) is 13.4. The second kappa shape index (κ2) is 7.04. The molecule has 0 aromatic heterocycles. The molecule has 1 rings (SSSR count). The minimum absolute atomic E-state index is 0.188. The zero-order chi connectivity index (χ0) is 16.2. The lowest BCUT2D eigenvalue weighted by Gasteiger charge is -2.16. The Morgan fingerprint density at radius 3 is 2.38 bits per heavy atom. The van der Waals surface area contributed by atoms with Crippen LogP contribution in [0.5, 0.6) is 0 Å². The molecule has 0 saturated carbocycles. The van der Waals surface area contributed by atoms with Crippen LogP contribution in [0.4, 0.5) is 0 Å². The number of nitrogens with one attached hydrogen (secondary N) is 1. The van der Waals surface area contributed by atoms with Gasteiger partial charge in [0.2, 0.25) is 10.0 Å². The minimum atomic E-state index is -3.56. The molecule has 1 N–H and O–H groups in total. The molecule has 118 valence electrons. The number of sulfonamides is 1. The monoisotopic (exact) mass is 312 g/mol. The predicted molar refractivity (Wildman–Crippen MR) is 84.0 cm³/mol. The number of carbonyl (C=O) groups is 1. The van der Waals surface area contributed by atoms with Gasteiger partial charge in [-0.25, -0.2) is 12.7 Å². The normalized spacial score (nSPS) is 11.7. The summed E-state index contributed by atoms with van der Waals surface area (Å²) in [5, 5.41) is 2.81. The predicted octanol–water partition coefficient (Wildman–Crippen LogP) is 2.08. The van der Waals surface area contributed by atoms with Gasteiger partial charge in [-0.05, 0) is 43.5 Å². The molecule has 21 heavy (non-hydrogen) atoms. The van der Waals surface area contributed by atoms with E-state index in [1.165, 1.54) is 20.2 Å². The summed E-state index contributed by atoms with van der Waals surface area (Å²) in [5.74, 6) is -0.234. The Kier molecular flexibility index (Phi) is 5.92. The van der Waals surface area contributed by atoms with Gasteiger partial charge in [-0.1, -0.05) is 13.3 Å². The summed E-state index contributed by atoms with van der Waals surface area (Å²) < 4.78 is 25.8. The summed E-state index contributed by atoms with van der Waals surface area (Å²) in [7, 11) is -0.589. The largest absolute Gasteiger partial charge is 0.352 e. The smallest absolute Gasteiger partial charge is 0.251 e. The number of unbranched alkanes of at least 4 members (excludes halogenated alkanes) is 1. The van der Waals surface area contributed by atoms with E-state index in [0.717, 1.165) is 22.7 Å². The summed E-state index contributed by atoms with van der Waals surface area (Å²) >= 11 is 0. The molecular weight excluding hydrogens is 288 g/mol. The van der Waals surface area contributed by atoms with Gasteiger partial charge in [-0.15, -0.1) is 0 Å². The highest BCUT2D eigenvalue weighted by Crippen LogP contribution is 2.23. The van der Waals surface area contributed by atoms with Crippen LogP contribution in [0.1, 0.15) is 41.3 Å². The lowest BCUT2D eigenvalue weighted by Crippen LogP contribution is -2.26. The van der Waals surface area contributed by atoms with E-state index in [2.05, 4.69) is 5.32 Å². The van der Waals surface area contributed by atoms with Crippen LogP contribution in [0.25, 0.3) is 0 Å². The lowest BCUT2D eigenvalue weighted by molar-refractivity contribution is 0.0953. The molecule has 0 bridgehead atoms. The van der Waals surface area contributed by atoms with Crippen molar-refractivity contribution >= 4 is 15.9 Å². The standard InChI is InChI=1S/C15H24N2O3S/c1-6-7-8-16-15(18)13-9-11(2)12(3)14(10-13)21(19,20)17(4)5/h9-10H,6-8H2,1-5H3,(H,16,18). The number of carbonyl (C=O) groups excluding carboxylic acids is 1. The zero-order valence-corrected chi connectivity index (χ0v) is 14.2. The molecular formula is C15H24N2O3S. The Hall–Kier alpha value is -1.40. The van der Waals surface area contributed by atoms with Crippen LogP contribution in [-0.4, -0.2) is 39.3 Å². The third-order valence-electron chi connectivity index (χ3n) is 3.46. The second-order valence-electron chi connectivity index (χ2n) is 5.31. The number of nitrogens with zero attached hydrogens (tertiary/aromatic N) is 1. The van der Waals surface area contributed by atoms with Crippen LogP contribution in [0.2, 0.25) is 0 Å². The van der Waals surface area contributed by atoms with Crippen LogP contribution in [0.15, 0.2) is 17.0 Å². The fourth-order valence-electron chi connectivity index (χ4n) is 1.90. The van der Waals surface area contributed by atoms with Crippen molar-refractivity contribution in [2.45, 2.75) is 38.5 Å². The van der Waals surface area contributed by atoms with E-state index >= 15 is 0 Å². The van der Waals surface area contributed by atoms with E-state index in [1.54, 1.807) is 13.0 Å². The van der Waals surface area contributed by atoms with E-state index in [0.29, 0.717) is 17.7 Å². The third-order valence-corrected chi connectivity index (χ3v) is 5.40. The number of benzene rings is 1. The van der Waals surface area contributed by atoms with Crippen molar-refractivity contribution in [1.82, 2.24) is 9.62 Å². The molecule has 0 radical (unpaired) electrons. The fraction of sp³-hybridized carbons (Fsp3) is 0.533. The molecule has 0 aliphatic carbocycles. The van der Waals surface area contributed by atoms with Crippen LogP contribution in [0, 0.1) is 13.8 Å². The summed E-state index contributed by atoms with van der Waals surface area (Å²) in [6.07, 6.45) is 1.90. The molecule has 0 aliphatic heterocycles. The molecule has 0 heterocycles. The molecule has 5 nitrogen and oxygen atoms in total. The average Bonchev–Trinajstić information content (AvgIpc) is 2.41. The van der Waals surface area contributed by atoms with E-state index in [-0.39, 0.29) is 10.8 Å². The number of rotatable bonds is 6. The molecule has 0 unspecified atom stereocenters. The Balaban J connectivity index is 3.22.